The molecule has 0 aliphatic heterocycles. The molecule has 1 aliphatic carbocycles. The molecule has 8 atom stereocenters. The third-order valence-electron chi connectivity index (χ3n) is 10.3. The van der Waals surface area contributed by atoms with Crippen LogP contribution < -0.4 is 0 Å². The fourth-order valence-corrected chi connectivity index (χ4v) is 7.61. The number of unbranched alkanes of at least 4 members (excludes halogenated alkanes) is 15. The standard InChI is InChI=1S/C47H81O13P/c1-3-5-7-9-11-13-15-17-19-20-22-23-25-27-29-31-33-35-40(48)57-37-39(38-58-61(55,56)60-47-45(53)43(51)42(50)44(52)46(47)54)59-41(49)36-34-32-30-28-26-24-21-18-16-14-12-10-8-6-4-2/h6,8,12,14,18,21-23,27,29,39,42-47,50-54H,3-5,7,9-11,13,15-17,19-20,24-26,28,30-38H2,1-2H3,(H,55,56)/b8-6+,14-12+,21-18+,23-22+,29-27+/t39-,42?,43-,44?,45?,46?,47?/m0/s1. The molecular formula is C47H81O13P. The lowest BCUT2D eigenvalue weighted by Crippen LogP contribution is -2.64. The molecule has 0 aromatic carbocycles. The van der Waals surface area contributed by atoms with Crippen LogP contribution in [0.15, 0.2) is 60.8 Å². The largest absolute Gasteiger partial charge is 0.472 e. The Kier molecular flexibility index (Phi) is 34.3. The van der Waals surface area contributed by atoms with E-state index >= 15 is 0 Å². The molecule has 0 saturated heterocycles. The maximum absolute atomic E-state index is 12.8. The first-order valence-corrected chi connectivity index (χ1v) is 24.6. The lowest BCUT2D eigenvalue weighted by molar-refractivity contribution is -0.220. The van der Waals surface area contributed by atoms with Crippen molar-refractivity contribution in [3.8, 4) is 0 Å². The predicted molar refractivity (Wildman–Crippen MR) is 239 cm³/mol. The van der Waals surface area contributed by atoms with Gasteiger partial charge >= 0.3 is 19.8 Å². The fourth-order valence-electron chi connectivity index (χ4n) is 6.63. The van der Waals surface area contributed by atoms with Crippen molar-refractivity contribution in [2.24, 2.45) is 0 Å². The zero-order chi connectivity index (χ0) is 45.0. The van der Waals surface area contributed by atoms with Crippen molar-refractivity contribution in [2.45, 2.75) is 211 Å². The quantitative estimate of drug-likeness (QED) is 0.0149. The number of hydrogen-bond donors (Lipinski definition) is 6. The van der Waals surface area contributed by atoms with Crippen LogP contribution in [0.4, 0.5) is 0 Å². The van der Waals surface area contributed by atoms with Crippen molar-refractivity contribution in [3.05, 3.63) is 60.8 Å². The smallest absolute Gasteiger partial charge is 0.462 e. The van der Waals surface area contributed by atoms with Crippen molar-refractivity contribution in [1.82, 2.24) is 0 Å². The van der Waals surface area contributed by atoms with E-state index in [4.69, 9.17) is 18.5 Å². The monoisotopic (exact) mass is 885 g/mol. The van der Waals surface area contributed by atoms with Crippen LogP contribution >= 0.6 is 7.82 Å². The first kappa shape index (κ1) is 56.6. The lowest BCUT2D eigenvalue weighted by atomic mass is 9.85. The van der Waals surface area contributed by atoms with Gasteiger partial charge in [0.25, 0.3) is 0 Å². The fraction of sp³-hybridized carbons (Fsp3) is 0.745. The highest BCUT2D eigenvalue weighted by Crippen LogP contribution is 2.47. The van der Waals surface area contributed by atoms with Crippen LogP contribution in [0, 0.1) is 0 Å². The van der Waals surface area contributed by atoms with Gasteiger partial charge in [0.15, 0.2) is 6.10 Å². The molecule has 0 amide bonds. The summed E-state index contributed by atoms with van der Waals surface area (Å²) in [6.45, 7) is 3.13. The molecule has 0 radical (unpaired) electrons. The van der Waals surface area contributed by atoms with E-state index in [2.05, 4.69) is 68.5 Å². The highest BCUT2D eigenvalue weighted by molar-refractivity contribution is 7.47. The predicted octanol–water partition coefficient (Wildman–Crippen LogP) is 8.94. The van der Waals surface area contributed by atoms with Gasteiger partial charge in [0.2, 0.25) is 0 Å². The van der Waals surface area contributed by atoms with Gasteiger partial charge in [0.1, 0.15) is 43.2 Å². The highest BCUT2D eigenvalue weighted by Gasteiger charge is 2.51. The summed E-state index contributed by atoms with van der Waals surface area (Å²) in [5.74, 6) is -1.18. The Labute approximate surface area is 366 Å². The second-order valence-electron chi connectivity index (χ2n) is 15.9. The third-order valence-corrected chi connectivity index (χ3v) is 11.3. The first-order chi connectivity index (χ1) is 29.4. The average Bonchev–Trinajstić information content (AvgIpc) is 3.24. The minimum Gasteiger partial charge on any atom is -0.462 e. The van der Waals surface area contributed by atoms with Gasteiger partial charge in [-0.1, -0.05) is 145 Å². The van der Waals surface area contributed by atoms with E-state index < -0.39 is 75.7 Å². The van der Waals surface area contributed by atoms with E-state index in [1.54, 1.807) is 0 Å². The maximum atomic E-state index is 12.8. The van der Waals surface area contributed by atoms with Gasteiger partial charge in [-0.05, 0) is 70.6 Å². The summed E-state index contributed by atoms with van der Waals surface area (Å²) in [6, 6.07) is 0. The first-order valence-electron chi connectivity index (χ1n) is 23.1. The van der Waals surface area contributed by atoms with Gasteiger partial charge in [0, 0.05) is 12.8 Å². The summed E-state index contributed by atoms with van der Waals surface area (Å²) in [7, 11) is -5.13. The number of rotatable bonds is 37. The molecule has 0 aromatic heterocycles. The average molecular weight is 885 g/mol. The van der Waals surface area contributed by atoms with Crippen LogP contribution in [-0.2, 0) is 32.7 Å². The van der Waals surface area contributed by atoms with E-state index in [1.165, 1.54) is 57.8 Å². The number of aliphatic hydroxyl groups excluding tert-OH is 5. The van der Waals surface area contributed by atoms with E-state index in [1.807, 2.05) is 6.08 Å². The molecule has 14 heteroatoms. The molecule has 1 saturated carbocycles. The normalized spacial score (nSPS) is 22.6. The number of allylic oxidation sites excluding steroid dienone is 10. The molecule has 6 N–H and O–H groups in total. The Hall–Kier alpha value is -2.45. The Morgan fingerprint density at radius 3 is 1.48 bits per heavy atom. The second kappa shape index (κ2) is 37.0. The number of hydrogen-bond acceptors (Lipinski definition) is 12. The Morgan fingerprint density at radius 1 is 0.525 bits per heavy atom. The van der Waals surface area contributed by atoms with Gasteiger partial charge in [0.05, 0.1) is 6.61 Å². The molecule has 1 fully saturated rings. The number of phosphoric ester groups is 1. The molecule has 61 heavy (non-hydrogen) atoms. The topological polar surface area (TPSA) is 210 Å². The zero-order valence-electron chi connectivity index (χ0n) is 37.2. The van der Waals surface area contributed by atoms with Crippen molar-refractivity contribution in [2.75, 3.05) is 13.2 Å². The highest BCUT2D eigenvalue weighted by atomic mass is 31.2. The molecule has 0 heterocycles. The summed E-state index contributed by atoms with van der Waals surface area (Å²) in [5.41, 5.74) is 0. The van der Waals surface area contributed by atoms with Crippen LogP contribution in [0.1, 0.15) is 168 Å². The van der Waals surface area contributed by atoms with Crippen LogP contribution in [-0.4, -0.2) is 98.3 Å². The number of phosphoric acid groups is 1. The summed E-state index contributed by atoms with van der Waals surface area (Å²) in [4.78, 5) is 35.7. The summed E-state index contributed by atoms with van der Waals surface area (Å²) < 4.78 is 33.4. The van der Waals surface area contributed by atoms with Gasteiger partial charge in [-0.25, -0.2) is 4.57 Å². The van der Waals surface area contributed by atoms with Gasteiger partial charge < -0.3 is 39.9 Å². The Balaban J connectivity index is 2.50. The van der Waals surface area contributed by atoms with Crippen LogP contribution in [0.5, 0.6) is 0 Å². The molecule has 1 aliphatic rings. The molecule has 0 spiro atoms. The van der Waals surface area contributed by atoms with E-state index in [9.17, 15) is 44.6 Å². The second-order valence-corrected chi connectivity index (χ2v) is 17.3. The molecule has 0 bridgehead atoms. The van der Waals surface area contributed by atoms with E-state index in [0.29, 0.717) is 19.3 Å². The molecule has 352 valence electrons. The van der Waals surface area contributed by atoms with Crippen LogP contribution in [0.3, 0.4) is 0 Å². The number of carbonyl (C=O) groups is 2. The minimum atomic E-state index is -5.13. The van der Waals surface area contributed by atoms with Gasteiger partial charge in [-0.2, -0.15) is 0 Å². The number of carbonyl (C=O) groups excluding carboxylic acids is 2. The third kappa shape index (κ3) is 29.5. The van der Waals surface area contributed by atoms with Crippen molar-refractivity contribution in [1.29, 1.82) is 0 Å². The maximum Gasteiger partial charge on any atom is 0.472 e. The molecule has 0 aromatic rings. The van der Waals surface area contributed by atoms with Gasteiger partial charge in [-0.15, -0.1) is 0 Å². The van der Waals surface area contributed by atoms with Crippen molar-refractivity contribution in [3.63, 3.8) is 0 Å². The van der Waals surface area contributed by atoms with Crippen LogP contribution in [0.25, 0.3) is 0 Å². The molecule has 6 unspecified atom stereocenters. The Bertz CT molecular complexity index is 1300. The van der Waals surface area contributed by atoms with Crippen molar-refractivity contribution < 1.29 is 63.1 Å². The summed E-state index contributed by atoms with van der Waals surface area (Å²) >= 11 is 0. The lowest BCUT2D eigenvalue weighted by Gasteiger charge is -2.41. The van der Waals surface area contributed by atoms with Crippen molar-refractivity contribution >= 4 is 19.8 Å². The number of aliphatic hydroxyl groups is 5. The summed E-state index contributed by atoms with van der Waals surface area (Å²) in [6.07, 6.45) is 31.4. The molecular weight excluding hydrogens is 803 g/mol. The van der Waals surface area contributed by atoms with Gasteiger partial charge in [-0.3, -0.25) is 18.6 Å². The SMILES string of the molecule is CC/C=C/C/C=C/C/C=C/CCCCCCCC(=O)O[C@@H](COC(=O)CCC/C=C/C/C=C/CCCCCCCCCCC)COP(=O)(O)OC1C(O)C(O)C(O)[C@H](O)C1O. The number of ether oxygens (including phenoxy) is 2. The van der Waals surface area contributed by atoms with Crippen LogP contribution in [0.2, 0.25) is 0 Å². The Morgan fingerprint density at radius 2 is 0.951 bits per heavy atom. The molecule has 1 rings (SSSR count). The number of esters is 2. The summed E-state index contributed by atoms with van der Waals surface area (Å²) in [5, 5.41) is 50.1. The minimum absolute atomic E-state index is 0.0662. The van der Waals surface area contributed by atoms with E-state index in [0.717, 1.165) is 64.2 Å². The van der Waals surface area contributed by atoms with E-state index in [-0.39, 0.29) is 12.8 Å². The zero-order valence-corrected chi connectivity index (χ0v) is 38.1. The molecule has 13 nitrogen and oxygen atoms in total.